The van der Waals surface area contributed by atoms with E-state index in [9.17, 15) is 13.2 Å². The maximum atomic E-state index is 12.9. The molecule has 0 atom stereocenters. The van der Waals surface area contributed by atoms with Crippen LogP contribution < -0.4 is 4.74 Å². The van der Waals surface area contributed by atoms with Crippen molar-refractivity contribution in [2.75, 3.05) is 32.8 Å². The van der Waals surface area contributed by atoms with Gasteiger partial charge in [-0.3, -0.25) is 4.79 Å². The number of benzene rings is 2. The van der Waals surface area contributed by atoms with Gasteiger partial charge in [-0.25, -0.2) is 8.42 Å². The molecule has 0 aliphatic carbocycles. The second kappa shape index (κ2) is 8.63. The van der Waals surface area contributed by atoms with Crippen molar-refractivity contribution >= 4 is 31.9 Å². The molecule has 1 heterocycles. The van der Waals surface area contributed by atoms with Gasteiger partial charge in [-0.2, -0.15) is 4.31 Å². The Hall–Kier alpha value is -1.90. The van der Waals surface area contributed by atoms with E-state index in [1.165, 1.54) is 4.31 Å². The van der Waals surface area contributed by atoms with Gasteiger partial charge in [-0.05, 0) is 49.7 Å². The number of hydrogen-bond donors (Lipinski definition) is 0. The minimum atomic E-state index is -3.58. The Morgan fingerprint density at radius 1 is 1.11 bits per heavy atom. The molecule has 0 N–H and O–H groups in total. The van der Waals surface area contributed by atoms with Gasteiger partial charge in [0.2, 0.25) is 10.0 Å². The van der Waals surface area contributed by atoms with Crippen molar-refractivity contribution in [1.29, 1.82) is 0 Å². The van der Waals surface area contributed by atoms with Gasteiger partial charge in [0.15, 0.2) is 0 Å². The fourth-order valence-corrected chi connectivity index (χ4v) is 4.91. The number of carbonyl (C=O) groups excluding carboxylic acids is 1. The third-order valence-corrected chi connectivity index (χ3v) is 7.49. The lowest BCUT2D eigenvalue weighted by Gasteiger charge is -2.34. The lowest BCUT2D eigenvalue weighted by Crippen LogP contribution is -2.50. The molecule has 1 fully saturated rings. The van der Waals surface area contributed by atoms with Crippen LogP contribution in [0.25, 0.3) is 0 Å². The number of piperazine rings is 1. The number of rotatable bonds is 5. The quantitative estimate of drug-likeness (QED) is 0.677. The first kappa shape index (κ1) is 20.8. The molecule has 0 spiro atoms. The van der Waals surface area contributed by atoms with Gasteiger partial charge in [-0.15, -0.1) is 0 Å². The molecule has 0 bridgehead atoms. The molecule has 0 saturated carbocycles. The first-order valence-corrected chi connectivity index (χ1v) is 11.4. The van der Waals surface area contributed by atoms with Crippen LogP contribution in [-0.4, -0.2) is 56.3 Å². The van der Waals surface area contributed by atoms with E-state index in [1.807, 2.05) is 19.9 Å². The average molecular weight is 467 g/mol. The fraction of sp³-hybridized carbons (Fsp3) is 0.350. The number of hydrogen-bond acceptors (Lipinski definition) is 4. The first-order chi connectivity index (χ1) is 13.3. The molecule has 1 saturated heterocycles. The van der Waals surface area contributed by atoms with Crippen molar-refractivity contribution < 1.29 is 17.9 Å². The van der Waals surface area contributed by atoms with Gasteiger partial charge < -0.3 is 9.64 Å². The summed E-state index contributed by atoms with van der Waals surface area (Å²) in [6.07, 6.45) is 0. The molecule has 3 rings (SSSR count). The Morgan fingerprint density at radius 3 is 2.43 bits per heavy atom. The largest absolute Gasteiger partial charge is 0.493 e. The van der Waals surface area contributed by atoms with E-state index in [2.05, 4.69) is 15.9 Å². The zero-order valence-corrected chi connectivity index (χ0v) is 18.3. The minimum Gasteiger partial charge on any atom is -0.493 e. The highest BCUT2D eigenvalue weighted by atomic mass is 79.9. The molecule has 1 amide bonds. The number of halogens is 1. The molecule has 28 heavy (non-hydrogen) atoms. The lowest BCUT2D eigenvalue weighted by molar-refractivity contribution is 0.0693. The molecule has 2 aromatic rings. The zero-order chi connectivity index (χ0) is 20.3. The summed E-state index contributed by atoms with van der Waals surface area (Å²) in [5, 5.41) is 0. The lowest BCUT2D eigenvalue weighted by atomic mass is 10.1. The SMILES string of the molecule is CCOc1ccccc1C(=O)N1CCN(S(=O)(=O)c2ccc(Br)c(C)c2)CC1. The van der Waals surface area contributed by atoms with E-state index in [0.29, 0.717) is 31.0 Å². The Kier molecular flexibility index (Phi) is 6.42. The molecule has 2 aromatic carbocycles. The molecule has 0 unspecified atom stereocenters. The van der Waals surface area contributed by atoms with Crippen LogP contribution in [-0.2, 0) is 10.0 Å². The molecule has 8 heteroatoms. The van der Waals surface area contributed by atoms with Crippen molar-refractivity contribution in [3.63, 3.8) is 0 Å². The molecule has 1 aliphatic heterocycles. The van der Waals surface area contributed by atoms with E-state index < -0.39 is 10.0 Å². The number of ether oxygens (including phenoxy) is 1. The topological polar surface area (TPSA) is 66.9 Å². The summed E-state index contributed by atoms with van der Waals surface area (Å²) in [6.45, 7) is 5.41. The van der Waals surface area contributed by atoms with E-state index >= 15 is 0 Å². The van der Waals surface area contributed by atoms with E-state index in [1.54, 1.807) is 41.3 Å². The summed E-state index contributed by atoms with van der Waals surface area (Å²) in [5.74, 6) is 0.413. The average Bonchev–Trinajstić information content (AvgIpc) is 2.70. The van der Waals surface area contributed by atoms with Crippen molar-refractivity contribution in [2.45, 2.75) is 18.7 Å². The number of para-hydroxylation sites is 1. The van der Waals surface area contributed by atoms with Gasteiger partial charge in [0.05, 0.1) is 17.1 Å². The number of aryl methyl sites for hydroxylation is 1. The van der Waals surface area contributed by atoms with E-state index in [-0.39, 0.29) is 23.9 Å². The summed E-state index contributed by atoms with van der Waals surface area (Å²) >= 11 is 3.39. The van der Waals surface area contributed by atoms with Crippen molar-refractivity contribution in [3.8, 4) is 5.75 Å². The number of amides is 1. The molecule has 1 aliphatic rings. The van der Waals surface area contributed by atoms with Crippen molar-refractivity contribution in [2.24, 2.45) is 0 Å². The van der Waals surface area contributed by atoms with Crippen molar-refractivity contribution in [3.05, 3.63) is 58.1 Å². The molecule has 0 radical (unpaired) electrons. The van der Waals surface area contributed by atoms with E-state index in [4.69, 9.17) is 4.74 Å². The monoisotopic (exact) mass is 466 g/mol. The predicted molar refractivity (Wildman–Crippen MR) is 111 cm³/mol. The number of carbonyl (C=O) groups is 1. The Bertz CT molecular complexity index is 970. The second-order valence-corrected chi connectivity index (χ2v) is 9.33. The van der Waals surface area contributed by atoms with Crippen LogP contribution in [0.15, 0.2) is 51.8 Å². The zero-order valence-electron chi connectivity index (χ0n) is 15.9. The third-order valence-electron chi connectivity index (χ3n) is 4.71. The molecule has 0 aromatic heterocycles. The van der Waals surface area contributed by atoms with Gasteiger partial charge in [0, 0.05) is 30.7 Å². The molecular formula is C20H23BrN2O4S. The van der Waals surface area contributed by atoms with E-state index in [0.717, 1.165) is 10.0 Å². The molecular weight excluding hydrogens is 444 g/mol. The molecule has 6 nitrogen and oxygen atoms in total. The maximum Gasteiger partial charge on any atom is 0.257 e. The second-order valence-electron chi connectivity index (χ2n) is 6.54. The standard InChI is InChI=1S/C20H23BrN2O4S/c1-3-27-19-7-5-4-6-17(19)20(24)22-10-12-23(13-11-22)28(25,26)16-8-9-18(21)15(2)14-16/h4-9,14H,3,10-13H2,1-2H3. The van der Waals surface area contributed by atoms with Crippen LogP contribution in [0.5, 0.6) is 5.75 Å². The Balaban J connectivity index is 1.72. The van der Waals surface area contributed by atoms with Crippen LogP contribution >= 0.6 is 15.9 Å². The van der Waals surface area contributed by atoms with Gasteiger partial charge in [0.25, 0.3) is 5.91 Å². The smallest absolute Gasteiger partial charge is 0.257 e. The summed E-state index contributed by atoms with van der Waals surface area (Å²) < 4.78 is 33.7. The highest BCUT2D eigenvalue weighted by Gasteiger charge is 2.31. The Labute approximate surface area is 174 Å². The van der Waals surface area contributed by atoms with Crippen molar-refractivity contribution in [1.82, 2.24) is 9.21 Å². The van der Waals surface area contributed by atoms with Crippen LogP contribution in [0.2, 0.25) is 0 Å². The summed E-state index contributed by atoms with van der Waals surface area (Å²) in [4.78, 5) is 14.8. The number of nitrogens with zero attached hydrogens (tertiary/aromatic N) is 2. The van der Waals surface area contributed by atoms with Crippen LogP contribution in [0.4, 0.5) is 0 Å². The van der Waals surface area contributed by atoms with Crippen LogP contribution in [0, 0.1) is 6.92 Å². The number of sulfonamides is 1. The summed E-state index contributed by atoms with van der Waals surface area (Å²) in [7, 11) is -3.58. The summed E-state index contributed by atoms with van der Waals surface area (Å²) in [5.41, 5.74) is 1.37. The normalized spacial score (nSPS) is 15.5. The van der Waals surface area contributed by atoms with Gasteiger partial charge in [-0.1, -0.05) is 28.1 Å². The Morgan fingerprint density at radius 2 is 1.79 bits per heavy atom. The first-order valence-electron chi connectivity index (χ1n) is 9.12. The minimum absolute atomic E-state index is 0.138. The van der Waals surface area contributed by atoms with Crippen LogP contribution in [0.1, 0.15) is 22.8 Å². The maximum absolute atomic E-state index is 12.9. The predicted octanol–water partition coefficient (Wildman–Crippen LogP) is 3.30. The third kappa shape index (κ3) is 4.24. The highest BCUT2D eigenvalue weighted by Crippen LogP contribution is 2.25. The van der Waals surface area contributed by atoms with Gasteiger partial charge in [0.1, 0.15) is 5.75 Å². The molecule has 150 valence electrons. The fourth-order valence-electron chi connectivity index (χ4n) is 3.15. The summed E-state index contributed by atoms with van der Waals surface area (Å²) in [6, 6.07) is 12.1. The van der Waals surface area contributed by atoms with Crippen LogP contribution in [0.3, 0.4) is 0 Å². The van der Waals surface area contributed by atoms with Gasteiger partial charge >= 0.3 is 0 Å². The highest BCUT2D eigenvalue weighted by molar-refractivity contribution is 9.10.